The lowest BCUT2D eigenvalue weighted by molar-refractivity contribution is -0.139. The topological polar surface area (TPSA) is 78.4 Å². The van der Waals surface area contributed by atoms with E-state index >= 15 is 0 Å². The highest BCUT2D eigenvalue weighted by Gasteiger charge is 2.21. The normalized spacial score (nSPS) is 12.1. The van der Waals surface area contributed by atoms with Gasteiger partial charge in [-0.2, -0.15) is 0 Å². The lowest BCUT2D eigenvalue weighted by Gasteiger charge is -2.17. The van der Waals surface area contributed by atoms with Gasteiger partial charge in [0.1, 0.15) is 11.9 Å². The minimum atomic E-state index is -1.13. The number of rotatable bonds is 5. The summed E-state index contributed by atoms with van der Waals surface area (Å²) in [5.41, 5.74) is -0.0689. The van der Waals surface area contributed by atoms with Crippen molar-refractivity contribution in [3.05, 3.63) is 29.0 Å². The molecule has 0 saturated carbocycles. The van der Waals surface area contributed by atoms with Gasteiger partial charge < -0.3 is 15.7 Å². The predicted octanol–water partition coefficient (Wildman–Crippen LogP) is 3.10. The predicted molar refractivity (Wildman–Crippen MR) is 74.4 cm³/mol. The molecule has 0 spiro atoms. The fourth-order valence-corrected chi connectivity index (χ4v) is 1.76. The zero-order valence-electron chi connectivity index (χ0n) is 11.1. The highest BCUT2D eigenvalue weighted by atomic mass is 35.5. The minimum absolute atomic E-state index is 0.0689. The van der Waals surface area contributed by atoms with Crippen LogP contribution in [0, 0.1) is 11.7 Å². The Labute approximate surface area is 121 Å². The van der Waals surface area contributed by atoms with Crippen LogP contribution in [0.3, 0.4) is 0 Å². The molecule has 0 radical (unpaired) electrons. The molecule has 5 nitrogen and oxygen atoms in total. The number of halogens is 2. The van der Waals surface area contributed by atoms with Crippen molar-refractivity contribution in [3.63, 3.8) is 0 Å². The number of anilines is 1. The quantitative estimate of drug-likeness (QED) is 0.782. The van der Waals surface area contributed by atoms with Crippen LogP contribution in [-0.2, 0) is 4.79 Å². The SMILES string of the molecule is CC(C)C[C@H](NC(=O)Nc1ccc(Cl)cc1F)C(=O)O. The number of carbonyl (C=O) groups excluding carboxylic acids is 1. The molecular formula is C13H16ClFN2O3. The van der Waals surface area contributed by atoms with Crippen LogP contribution in [0.15, 0.2) is 18.2 Å². The van der Waals surface area contributed by atoms with Crippen LogP contribution >= 0.6 is 11.6 Å². The van der Waals surface area contributed by atoms with Gasteiger partial charge >= 0.3 is 12.0 Å². The van der Waals surface area contributed by atoms with Gasteiger partial charge in [0.25, 0.3) is 0 Å². The van der Waals surface area contributed by atoms with Crippen LogP contribution < -0.4 is 10.6 Å². The van der Waals surface area contributed by atoms with Gasteiger partial charge in [0.15, 0.2) is 0 Å². The van der Waals surface area contributed by atoms with E-state index in [1.807, 2.05) is 13.8 Å². The van der Waals surface area contributed by atoms with Gasteiger partial charge in [0.05, 0.1) is 5.69 Å². The molecule has 1 aromatic rings. The smallest absolute Gasteiger partial charge is 0.326 e. The van der Waals surface area contributed by atoms with Gasteiger partial charge in [0.2, 0.25) is 0 Å². The first-order chi connectivity index (χ1) is 9.29. The highest BCUT2D eigenvalue weighted by Crippen LogP contribution is 2.18. The summed E-state index contributed by atoms with van der Waals surface area (Å²) in [5.74, 6) is -1.72. The zero-order valence-corrected chi connectivity index (χ0v) is 11.9. The van der Waals surface area contributed by atoms with Gasteiger partial charge in [0, 0.05) is 5.02 Å². The maximum atomic E-state index is 13.5. The number of urea groups is 1. The number of benzene rings is 1. The first-order valence-corrected chi connectivity index (χ1v) is 6.42. The molecule has 0 fully saturated rings. The summed E-state index contributed by atoms with van der Waals surface area (Å²) >= 11 is 5.59. The van der Waals surface area contributed by atoms with E-state index in [1.165, 1.54) is 12.1 Å². The third kappa shape index (κ3) is 5.05. The monoisotopic (exact) mass is 302 g/mol. The van der Waals surface area contributed by atoms with Crippen molar-refractivity contribution in [2.45, 2.75) is 26.3 Å². The first-order valence-electron chi connectivity index (χ1n) is 6.05. The highest BCUT2D eigenvalue weighted by molar-refractivity contribution is 6.30. The number of nitrogens with one attached hydrogen (secondary N) is 2. The van der Waals surface area contributed by atoms with E-state index in [2.05, 4.69) is 10.6 Å². The van der Waals surface area contributed by atoms with E-state index in [0.29, 0.717) is 0 Å². The maximum Gasteiger partial charge on any atom is 0.326 e. The van der Waals surface area contributed by atoms with Crippen molar-refractivity contribution in [1.82, 2.24) is 5.32 Å². The molecule has 1 atom stereocenters. The molecule has 0 aliphatic heterocycles. The van der Waals surface area contributed by atoms with Gasteiger partial charge in [-0.1, -0.05) is 25.4 Å². The van der Waals surface area contributed by atoms with Gasteiger partial charge in [-0.25, -0.2) is 14.0 Å². The number of carbonyl (C=O) groups is 2. The summed E-state index contributed by atoms with van der Waals surface area (Å²) in [5, 5.41) is 13.7. The molecule has 0 aliphatic carbocycles. The molecule has 20 heavy (non-hydrogen) atoms. The number of carboxylic acid groups (broad SMARTS) is 1. The van der Waals surface area contributed by atoms with Crippen LogP contribution in [0.1, 0.15) is 20.3 Å². The average molecular weight is 303 g/mol. The van der Waals surface area contributed by atoms with Crippen LogP contribution in [-0.4, -0.2) is 23.1 Å². The van der Waals surface area contributed by atoms with E-state index < -0.39 is 23.9 Å². The van der Waals surface area contributed by atoms with E-state index in [1.54, 1.807) is 0 Å². The van der Waals surface area contributed by atoms with Crippen molar-refractivity contribution in [1.29, 1.82) is 0 Å². The molecule has 7 heteroatoms. The van der Waals surface area contributed by atoms with Crippen molar-refractivity contribution in [2.75, 3.05) is 5.32 Å². The fraction of sp³-hybridized carbons (Fsp3) is 0.385. The number of hydrogen-bond donors (Lipinski definition) is 3. The molecule has 3 N–H and O–H groups in total. The van der Waals surface area contributed by atoms with Crippen LogP contribution in [0.5, 0.6) is 0 Å². The summed E-state index contributed by atoms with van der Waals surface area (Å²) in [7, 11) is 0. The Morgan fingerprint density at radius 3 is 2.55 bits per heavy atom. The summed E-state index contributed by atoms with van der Waals surface area (Å²) in [6.07, 6.45) is 0.284. The lowest BCUT2D eigenvalue weighted by atomic mass is 10.0. The van der Waals surface area contributed by atoms with Gasteiger partial charge in [-0.05, 0) is 30.5 Å². The Morgan fingerprint density at radius 1 is 1.40 bits per heavy atom. The molecule has 0 bridgehead atoms. The molecule has 1 rings (SSSR count). The van der Waals surface area contributed by atoms with Crippen LogP contribution in [0.2, 0.25) is 5.02 Å². The standard InChI is InChI=1S/C13H16ClFN2O3/c1-7(2)5-11(12(18)19)17-13(20)16-10-4-3-8(14)6-9(10)15/h3-4,6-7,11H,5H2,1-2H3,(H,18,19)(H2,16,17,20)/t11-/m0/s1. The summed E-state index contributed by atoms with van der Waals surface area (Å²) < 4.78 is 13.5. The second-order valence-corrected chi connectivity index (χ2v) is 5.18. The van der Waals surface area contributed by atoms with E-state index in [9.17, 15) is 14.0 Å². The zero-order chi connectivity index (χ0) is 15.3. The van der Waals surface area contributed by atoms with E-state index in [-0.39, 0.29) is 23.0 Å². The third-order valence-corrected chi connectivity index (χ3v) is 2.72. The van der Waals surface area contributed by atoms with E-state index in [0.717, 1.165) is 6.07 Å². The Kier molecular flexibility index (Phi) is 5.76. The Hall–Kier alpha value is -1.82. The maximum absolute atomic E-state index is 13.5. The molecule has 0 saturated heterocycles. The Morgan fingerprint density at radius 2 is 2.05 bits per heavy atom. The fourth-order valence-electron chi connectivity index (χ4n) is 1.60. The second kappa shape index (κ2) is 7.09. The molecule has 0 unspecified atom stereocenters. The molecule has 2 amide bonds. The number of hydrogen-bond acceptors (Lipinski definition) is 2. The average Bonchev–Trinajstić information content (AvgIpc) is 2.31. The summed E-state index contributed by atoms with van der Waals surface area (Å²) in [6, 6.07) is 1.98. The van der Waals surface area contributed by atoms with Gasteiger partial charge in [-0.3, -0.25) is 0 Å². The Bertz CT molecular complexity index is 508. The van der Waals surface area contributed by atoms with Crippen molar-refractivity contribution in [3.8, 4) is 0 Å². The largest absolute Gasteiger partial charge is 0.480 e. The molecule has 0 aromatic heterocycles. The number of aliphatic carboxylic acids is 1. The third-order valence-electron chi connectivity index (χ3n) is 2.49. The molecular weight excluding hydrogens is 287 g/mol. The minimum Gasteiger partial charge on any atom is -0.480 e. The lowest BCUT2D eigenvalue weighted by Crippen LogP contribution is -2.43. The Balaban J connectivity index is 2.68. The molecule has 0 aliphatic rings. The van der Waals surface area contributed by atoms with Crippen molar-refractivity contribution < 1.29 is 19.1 Å². The summed E-state index contributed by atoms with van der Waals surface area (Å²) in [6.45, 7) is 3.68. The molecule has 110 valence electrons. The van der Waals surface area contributed by atoms with Crippen molar-refractivity contribution >= 4 is 29.3 Å². The van der Waals surface area contributed by atoms with E-state index in [4.69, 9.17) is 16.7 Å². The number of carboxylic acids is 1. The second-order valence-electron chi connectivity index (χ2n) is 4.74. The molecule has 1 aromatic carbocycles. The van der Waals surface area contributed by atoms with Crippen LogP contribution in [0.4, 0.5) is 14.9 Å². The van der Waals surface area contributed by atoms with Gasteiger partial charge in [-0.15, -0.1) is 0 Å². The molecule has 0 heterocycles. The van der Waals surface area contributed by atoms with Crippen molar-refractivity contribution in [2.24, 2.45) is 5.92 Å². The number of amides is 2. The summed E-state index contributed by atoms with van der Waals surface area (Å²) in [4.78, 5) is 22.7. The van der Waals surface area contributed by atoms with Crippen LogP contribution in [0.25, 0.3) is 0 Å². The first kappa shape index (κ1) is 16.2.